The summed E-state index contributed by atoms with van der Waals surface area (Å²) in [6.07, 6.45) is -4.61. The van der Waals surface area contributed by atoms with Gasteiger partial charge in [0.05, 0.1) is 0 Å². The number of hydrogen-bond acceptors (Lipinski definition) is 2. The zero-order valence-corrected chi connectivity index (χ0v) is 12.1. The highest BCUT2D eigenvalue weighted by Gasteiger charge is 2.35. The van der Waals surface area contributed by atoms with Gasteiger partial charge in [0.1, 0.15) is 17.1 Å². The predicted octanol–water partition coefficient (Wildman–Crippen LogP) is 5.11. The topological polar surface area (TPSA) is 38.3 Å². The fourth-order valence-electron chi connectivity index (χ4n) is 1.75. The van der Waals surface area contributed by atoms with E-state index in [1.54, 1.807) is 0 Å². The lowest BCUT2D eigenvalue weighted by Gasteiger charge is -2.15. The number of amides is 1. The first-order valence-electron chi connectivity index (χ1n) is 6.18. The van der Waals surface area contributed by atoms with Gasteiger partial charge in [-0.1, -0.05) is 11.6 Å². The molecule has 2 aromatic rings. The Kier molecular flexibility index (Phi) is 4.61. The van der Waals surface area contributed by atoms with Crippen LogP contribution >= 0.6 is 11.6 Å². The van der Waals surface area contributed by atoms with Gasteiger partial charge >= 0.3 is 6.18 Å². The molecule has 0 atom stereocenters. The van der Waals surface area contributed by atoms with E-state index in [1.807, 2.05) is 0 Å². The van der Waals surface area contributed by atoms with Crippen LogP contribution in [0.2, 0.25) is 5.02 Å². The minimum Gasteiger partial charge on any atom is -0.457 e. The van der Waals surface area contributed by atoms with E-state index in [0.29, 0.717) is 5.02 Å². The fraction of sp³-hybridized carbons (Fsp3) is 0.133. The van der Waals surface area contributed by atoms with Crippen LogP contribution in [-0.2, 0) is 11.0 Å². The average Bonchev–Trinajstić information content (AvgIpc) is 2.41. The minimum atomic E-state index is -4.61. The Hall–Kier alpha value is -2.21. The fourth-order valence-corrected chi connectivity index (χ4v) is 1.88. The first-order chi connectivity index (χ1) is 10.3. The molecule has 2 aromatic carbocycles. The number of benzene rings is 2. The molecule has 2 rings (SSSR count). The van der Waals surface area contributed by atoms with Gasteiger partial charge in [0.2, 0.25) is 5.91 Å². The van der Waals surface area contributed by atoms with E-state index < -0.39 is 17.6 Å². The molecule has 0 fully saturated rings. The number of halogens is 4. The third kappa shape index (κ3) is 4.14. The molecule has 0 aromatic heterocycles. The summed E-state index contributed by atoms with van der Waals surface area (Å²) in [7, 11) is 0. The van der Waals surface area contributed by atoms with Crippen molar-refractivity contribution in [3.05, 3.63) is 53.1 Å². The molecule has 0 radical (unpaired) electrons. The number of carbonyl (C=O) groups excluding carboxylic acids is 1. The first kappa shape index (κ1) is 16.2. The third-order valence-electron chi connectivity index (χ3n) is 2.65. The van der Waals surface area contributed by atoms with Gasteiger partial charge in [0, 0.05) is 17.6 Å². The van der Waals surface area contributed by atoms with Crippen molar-refractivity contribution in [3.63, 3.8) is 0 Å². The normalized spacial score (nSPS) is 11.1. The summed E-state index contributed by atoms with van der Waals surface area (Å²) >= 11 is 5.71. The van der Waals surface area contributed by atoms with Crippen LogP contribution in [0.4, 0.5) is 18.9 Å². The molecule has 0 aliphatic heterocycles. The van der Waals surface area contributed by atoms with Crippen molar-refractivity contribution in [1.29, 1.82) is 0 Å². The summed E-state index contributed by atoms with van der Waals surface area (Å²) in [5.41, 5.74) is -0.933. The van der Waals surface area contributed by atoms with Gasteiger partial charge in [-0.25, -0.2) is 0 Å². The summed E-state index contributed by atoms with van der Waals surface area (Å²) in [6.45, 7) is 1.21. The average molecular weight is 330 g/mol. The van der Waals surface area contributed by atoms with Crippen molar-refractivity contribution in [2.75, 3.05) is 5.32 Å². The van der Waals surface area contributed by atoms with Crippen molar-refractivity contribution in [3.8, 4) is 11.5 Å². The van der Waals surface area contributed by atoms with Gasteiger partial charge in [-0.3, -0.25) is 4.79 Å². The molecular formula is C15H11ClF3NO2. The highest BCUT2D eigenvalue weighted by molar-refractivity contribution is 6.30. The standard InChI is InChI=1S/C15H11ClF3NO2/c1-9(21)20-11-4-7-14(13(8-11)15(17,18)19)22-12-5-2-10(16)3-6-12/h2-8H,1H3,(H,20,21). The lowest BCUT2D eigenvalue weighted by Crippen LogP contribution is -2.10. The monoisotopic (exact) mass is 329 g/mol. The molecule has 0 aliphatic rings. The lowest BCUT2D eigenvalue weighted by atomic mass is 10.1. The maximum absolute atomic E-state index is 13.1. The molecular weight excluding hydrogens is 319 g/mol. The molecule has 0 saturated heterocycles. The van der Waals surface area contributed by atoms with Crippen LogP contribution in [0.25, 0.3) is 0 Å². The third-order valence-corrected chi connectivity index (χ3v) is 2.90. The van der Waals surface area contributed by atoms with Crippen LogP contribution in [-0.4, -0.2) is 5.91 Å². The summed E-state index contributed by atoms with van der Waals surface area (Å²) in [5.74, 6) is -0.592. The van der Waals surface area contributed by atoms with Crippen molar-refractivity contribution >= 4 is 23.2 Å². The Morgan fingerprint density at radius 1 is 1.14 bits per heavy atom. The number of hydrogen-bond donors (Lipinski definition) is 1. The zero-order chi connectivity index (χ0) is 16.3. The molecule has 0 aliphatic carbocycles. The van der Waals surface area contributed by atoms with E-state index in [9.17, 15) is 18.0 Å². The van der Waals surface area contributed by atoms with E-state index >= 15 is 0 Å². The predicted molar refractivity (Wildman–Crippen MR) is 77.3 cm³/mol. The molecule has 0 spiro atoms. The van der Waals surface area contributed by atoms with Gasteiger partial charge in [-0.2, -0.15) is 13.2 Å². The van der Waals surface area contributed by atoms with E-state index in [-0.39, 0.29) is 17.2 Å². The number of anilines is 1. The van der Waals surface area contributed by atoms with Crippen molar-refractivity contribution in [2.24, 2.45) is 0 Å². The number of rotatable bonds is 3. The van der Waals surface area contributed by atoms with E-state index in [4.69, 9.17) is 16.3 Å². The van der Waals surface area contributed by atoms with Gasteiger partial charge < -0.3 is 10.1 Å². The van der Waals surface area contributed by atoms with Crippen molar-refractivity contribution < 1.29 is 22.7 Å². The second kappa shape index (κ2) is 6.27. The second-order valence-corrected chi connectivity index (χ2v) is 4.88. The summed E-state index contributed by atoms with van der Waals surface area (Å²) in [6, 6.07) is 9.26. The summed E-state index contributed by atoms with van der Waals surface area (Å²) in [4.78, 5) is 10.9. The maximum Gasteiger partial charge on any atom is 0.420 e. The summed E-state index contributed by atoms with van der Waals surface area (Å²) in [5, 5.41) is 2.75. The van der Waals surface area contributed by atoms with Crippen LogP contribution in [0, 0.1) is 0 Å². The van der Waals surface area contributed by atoms with Crippen LogP contribution < -0.4 is 10.1 Å². The van der Waals surface area contributed by atoms with Gasteiger partial charge in [-0.05, 0) is 42.5 Å². The van der Waals surface area contributed by atoms with Gasteiger partial charge in [0.15, 0.2) is 0 Å². The Morgan fingerprint density at radius 3 is 2.32 bits per heavy atom. The lowest BCUT2D eigenvalue weighted by molar-refractivity contribution is -0.138. The highest BCUT2D eigenvalue weighted by atomic mass is 35.5. The molecule has 1 amide bonds. The minimum absolute atomic E-state index is 0.0447. The van der Waals surface area contributed by atoms with Crippen LogP contribution in [0.1, 0.15) is 12.5 Å². The molecule has 0 saturated carbocycles. The van der Waals surface area contributed by atoms with Gasteiger partial charge in [0.25, 0.3) is 0 Å². The number of nitrogens with one attached hydrogen (secondary N) is 1. The number of carbonyl (C=O) groups is 1. The Bertz CT molecular complexity index is 684. The maximum atomic E-state index is 13.1. The smallest absolute Gasteiger partial charge is 0.420 e. The Morgan fingerprint density at radius 2 is 1.77 bits per heavy atom. The molecule has 3 nitrogen and oxygen atoms in total. The largest absolute Gasteiger partial charge is 0.457 e. The van der Waals surface area contributed by atoms with E-state index in [2.05, 4.69) is 5.32 Å². The number of ether oxygens (including phenoxy) is 1. The number of alkyl halides is 3. The Balaban J connectivity index is 2.37. The van der Waals surface area contributed by atoms with E-state index in [0.717, 1.165) is 12.1 Å². The molecule has 116 valence electrons. The van der Waals surface area contributed by atoms with Crippen molar-refractivity contribution in [1.82, 2.24) is 0 Å². The van der Waals surface area contributed by atoms with Crippen LogP contribution in [0.3, 0.4) is 0 Å². The van der Waals surface area contributed by atoms with Crippen LogP contribution in [0.5, 0.6) is 11.5 Å². The SMILES string of the molecule is CC(=O)Nc1ccc(Oc2ccc(Cl)cc2)c(C(F)(F)F)c1. The Labute approximate surface area is 129 Å². The highest BCUT2D eigenvalue weighted by Crippen LogP contribution is 2.39. The quantitative estimate of drug-likeness (QED) is 0.849. The molecule has 22 heavy (non-hydrogen) atoms. The first-order valence-corrected chi connectivity index (χ1v) is 6.56. The van der Waals surface area contributed by atoms with Crippen LogP contribution in [0.15, 0.2) is 42.5 Å². The second-order valence-electron chi connectivity index (χ2n) is 4.45. The van der Waals surface area contributed by atoms with Gasteiger partial charge in [-0.15, -0.1) is 0 Å². The molecule has 0 heterocycles. The molecule has 0 bridgehead atoms. The molecule has 7 heteroatoms. The van der Waals surface area contributed by atoms with Crippen molar-refractivity contribution in [2.45, 2.75) is 13.1 Å². The zero-order valence-electron chi connectivity index (χ0n) is 11.4. The van der Waals surface area contributed by atoms with E-state index in [1.165, 1.54) is 37.3 Å². The molecule has 1 N–H and O–H groups in total. The summed E-state index contributed by atoms with van der Waals surface area (Å²) < 4.78 is 44.6. The molecule has 0 unspecified atom stereocenters.